The Hall–Kier alpha value is -1.41. The highest BCUT2D eigenvalue weighted by Crippen LogP contribution is 2.19. The Morgan fingerprint density at radius 2 is 1.91 bits per heavy atom. The Morgan fingerprint density at radius 3 is 2.50 bits per heavy atom. The van der Waals surface area contributed by atoms with E-state index >= 15 is 0 Å². The van der Waals surface area contributed by atoms with Crippen LogP contribution in [-0.4, -0.2) is 48.6 Å². The molecule has 1 unspecified atom stereocenters. The summed E-state index contributed by atoms with van der Waals surface area (Å²) in [4.78, 5) is 24.3. The van der Waals surface area contributed by atoms with E-state index < -0.39 is 33.5 Å². The average molecular weight is 390 g/mol. The molecule has 1 fully saturated rings. The van der Waals surface area contributed by atoms with Crippen LogP contribution in [0.1, 0.15) is 18.4 Å². The number of hydrogen-bond acceptors (Lipinski definition) is 4. The standard InChI is InChI=1S/C14H16BrNO5S/c15-11-5-3-10(4-6-11)8-22(20,21)9-13(17)16-7-1-2-12(16)14(18)19/h3-6,12H,1-2,7-9H2,(H,18,19). The second-order valence-corrected chi connectivity index (χ2v) is 8.22. The molecule has 0 radical (unpaired) electrons. The third kappa shape index (κ3) is 4.30. The topological polar surface area (TPSA) is 91.8 Å². The largest absolute Gasteiger partial charge is 0.480 e. The number of hydrogen-bond donors (Lipinski definition) is 1. The van der Waals surface area contributed by atoms with Crippen LogP contribution in [-0.2, 0) is 25.2 Å². The number of aliphatic carboxylic acids is 1. The van der Waals surface area contributed by atoms with Crippen molar-refractivity contribution in [2.75, 3.05) is 12.3 Å². The number of amides is 1. The van der Waals surface area contributed by atoms with Gasteiger partial charge in [-0.3, -0.25) is 4.79 Å². The maximum Gasteiger partial charge on any atom is 0.326 e. The lowest BCUT2D eigenvalue weighted by Crippen LogP contribution is -2.43. The molecule has 6 nitrogen and oxygen atoms in total. The van der Waals surface area contributed by atoms with Crippen LogP contribution < -0.4 is 0 Å². The van der Waals surface area contributed by atoms with E-state index in [1.807, 2.05) is 0 Å². The highest BCUT2D eigenvalue weighted by atomic mass is 79.9. The highest BCUT2D eigenvalue weighted by Gasteiger charge is 2.35. The number of sulfone groups is 1. The molecule has 1 heterocycles. The molecule has 22 heavy (non-hydrogen) atoms. The van der Waals surface area contributed by atoms with Crippen molar-refractivity contribution in [3.05, 3.63) is 34.3 Å². The maximum atomic E-state index is 12.1. The van der Waals surface area contributed by atoms with Crippen LogP contribution in [0.3, 0.4) is 0 Å². The lowest BCUT2D eigenvalue weighted by Gasteiger charge is -2.21. The van der Waals surface area contributed by atoms with E-state index in [0.717, 1.165) is 9.37 Å². The third-order valence-corrected chi connectivity index (χ3v) is 5.49. The number of nitrogens with zero attached hydrogens (tertiary/aromatic N) is 1. The molecule has 1 aliphatic rings. The van der Waals surface area contributed by atoms with Gasteiger partial charge in [-0.05, 0) is 30.5 Å². The Bertz CT molecular complexity index is 671. The highest BCUT2D eigenvalue weighted by molar-refractivity contribution is 9.10. The summed E-state index contributed by atoms with van der Waals surface area (Å²) in [5, 5.41) is 9.04. The summed E-state index contributed by atoms with van der Waals surface area (Å²) in [6, 6.07) is 5.89. The minimum absolute atomic E-state index is 0.238. The first kappa shape index (κ1) is 17.0. The van der Waals surface area contributed by atoms with Crippen LogP contribution in [0.4, 0.5) is 0 Å². The van der Waals surface area contributed by atoms with Gasteiger partial charge in [0.1, 0.15) is 11.8 Å². The normalized spacial score (nSPS) is 18.4. The number of halogens is 1. The fourth-order valence-electron chi connectivity index (χ4n) is 2.48. The molecule has 0 aliphatic carbocycles. The molecule has 2 rings (SSSR count). The summed E-state index contributed by atoms with van der Waals surface area (Å²) in [5.74, 6) is -2.62. The van der Waals surface area contributed by atoms with Gasteiger partial charge >= 0.3 is 5.97 Å². The van der Waals surface area contributed by atoms with Crippen LogP contribution in [0.15, 0.2) is 28.7 Å². The maximum absolute atomic E-state index is 12.1. The monoisotopic (exact) mass is 389 g/mol. The summed E-state index contributed by atoms with van der Waals surface area (Å²) in [6.45, 7) is 0.295. The Labute approximate surface area is 137 Å². The SMILES string of the molecule is O=C(O)C1CCCN1C(=O)CS(=O)(=O)Cc1ccc(Br)cc1. The van der Waals surface area contributed by atoms with E-state index in [4.69, 9.17) is 5.11 Å². The fourth-order valence-corrected chi connectivity index (χ4v) is 4.09. The predicted molar refractivity (Wildman–Crippen MR) is 84.0 cm³/mol. The second kappa shape index (κ2) is 6.78. The van der Waals surface area contributed by atoms with Crippen LogP contribution in [0.25, 0.3) is 0 Å². The number of likely N-dealkylation sites (tertiary alicyclic amines) is 1. The van der Waals surface area contributed by atoms with Crippen molar-refractivity contribution in [2.24, 2.45) is 0 Å². The summed E-state index contributed by atoms with van der Waals surface area (Å²) in [5.41, 5.74) is 0.590. The van der Waals surface area contributed by atoms with Crippen molar-refractivity contribution >= 4 is 37.6 Å². The molecule has 1 amide bonds. The average Bonchev–Trinajstić information content (AvgIpc) is 2.90. The van der Waals surface area contributed by atoms with E-state index in [1.54, 1.807) is 24.3 Å². The molecule has 1 N–H and O–H groups in total. The molecular weight excluding hydrogens is 374 g/mol. The van der Waals surface area contributed by atoms with Crippen LogP contribution in [0.2, 0.25) is 0 Å². The molecular formula is C14H16BrNO5S. The molecule has 1 aliphatic heterocycles. The lowest BCUT2D eigenvalue weighted by atomic mass is 10.2. The first-order valence-corrected chi connectivity index (χ1v) is 9.37. The first-order valence-electron chi connectivity index (χ1n) is 6.75. The van der Waals surface area contributed by atoms with Crippen molar-refractivity contribution in [3.63, 3.8) is 0 Å². The van der Waals surface area contributed by atoms with Gasteiger partial charge in [0.2, 0.25) is 5.91 Å². The number of carboxylic acids is 1. The predicted octanol–water partition coefficient (Wildman–Crippen LogP) is 1.44. The van der Waals surface area contributed by atoms with Crippen molar-refractivity contribution in [1.29, 1.82) is 0 Å². The first-order chi connectivity index (χ1) is 10.3. The lowest BCUT2D eigenvalue weighted by molar-refractivity contribution is -0.147. The van der Waals surface area contributed by atoms with Gasteiger partial charge in [0.05, 0.1) is 5.75 Å². The summed E-state index contributed by atoms with van der Waals surface area (Å²) in [6.07, 6.45) is 0.948. The van der Waals surface area contributed by atoms with Gasteiger partial charge < -0.3 is 10.0 Å². The molecule has 0 saturated carbocycles. The zero-order chi connectivity index (χ0) is 16.3. The molecule has 0 spiro atoms. The third-order valence-electron chi connectivity index (χ3n) is 3.50. The number of rotatable bonds is 5. The van der Waals surface area contributed by atoms with E-state index in [0.29, 0.717) is 24.9 Å². The second-order valence-electron chi connectivity index (χ2n) is 5.24. The molecule has 1 atom stereocenters. The summed E-state index contributed by atoms with van der Waals surface area (Å²) in [7, 11) is -3.63. The van der Waals surface area contributed by atoms with E-state index in [-0.39, 0.29) is 5.75 Å². The smallest absolute Gasteiger partial charge is 0.326 e. The van der Waals surface area contributed by atoms with Gasteiger partial charge in [-0.25, -0.2) is 13.2 Å². The summed E-state index contributed by atoms with van der Waals surface area (Å²) < 4.78 is 25.1. The zero-order valence-electron chi connectivity index (χ0n) is 11.7. The van der Waals surface area contributed by atoms with Gasteiger partial charge in [-0.2, -0.15) is 0 Å². The quantitative estimate of drug-likeness (QED) is 0.822. The minimum Gasteiger partial charge on any atom is -0.480 e. The number of carbonyl (C=O) groups is 2. The molecule has 120 valence electrons. The Morgan fingerprint density at radius 1 is 1.27 bits per heavy atom. The summed E-state index contributed by atoms with van der Waals surface area (Å²) >= 11 is 3.26. The molecule has 0 bridgehead atoms. The zero-order valence-corrected chi connectivity index (χ0v) is 14.1. The van der Waals surface area contributed by atoms with E-state index in [1.165, 1.54) is 0 Å². The van der Waals surface area contributed by atoms with Crippen molar-refractivity contribution in [2.45, 2.75) is 24.6 Å². The van der Waals surface area contributed by atoms with Crippen LogP contribution >= 0.6 is 15.9 Å². The Kier molecular flexibility index (Phi) is 5.23. The van der Waals surface area contributed by atoms with Crippen LogP contribution in [0, 0.1) is 0 Å². The van der Waals surface area contributed by atoms with Crippen LogP contribution in [0.5, 0.6) is 0 Å². The van der Waals surface area contributed by atoms with Crippen molar-refractivity contribution in [1.82, 2.24) is 4.90 Å². The van der Waals surface area contributed by atoms with Crippen molar-refractivity contribution in [3.8, 4) is 0 Å². The molecule has 0 aromatic heterocycles. The molecule has 1 saturated heterocycles. The minimum atomic E-state index is -3.63. The van der Waals surface area contributed by atoms with Gasteiger partial charge in [0, 0.05) is 11.0 Å². The molecule has 1 aromatic rings. The Balaban J connectivity index is 2.03. The number of benzene rings is 1. The van der Waals surface area contributed by atoms with E-state index in [2.05, 4.69) is 15.9 Å². The van der Waals surface area contributed by atoms with E-state index in [9.17, 15) is 18.0 Å². The van der Waals surface area contributed by atoms with Gasteiger partial charge in [0.15, 0.2) is 9.84 Å². The molecule has 8 heteroatoms. The molecule has 1 aromatic carbocycles. The fraction of sp³-hybridized carbons (Fsp3) is 0.429. The van der Waals surface area contributed by atoms with Crippen molar-refractivity contribution < 1.29 is 23.1 Å². The number of carboxylic acid groups (broad SMARTS) is 1. The van der Waals surface area contributed by atoms with Gasteiger partial charge in [0.25, 0.3) is 0 Å². The van der Waals surface area contributed by atoms with Gasteiger partial charge in [-0.15, -0.1) is 0 Å². The number of carbonyl (C=O) groups excluding carboxylic acids is 1. The van der Waals surface area contributed by atoms with Gasteiger partial charge in [-0.1, -0.05) is 28.1 Å².